The molecule has 1 rings (SSSR count). The van der Waals surface area contributed by atoms with E-state index < -0.39 is 27.4 Å². The molecule has 0 unspecified atom stereocenters. The molecule has 0 aromatic heterocycles. The van der Waals surface area contributed by atoms with E-state index in [-0.39, 0.29) is 4.90 Å². The molecule has 1 aromatic rings. The second kappa shape index (κ2) is 5.93. The number of carboxylic acid groups (broad SMARTS) is 1. The molecule has 0 saturated carbocycles. The highest BCUT2D eigenvalue weighted by atomic mass is 32.2. The van der Waals surface area contributed by atoms with E-state index in [1.807, 2.05) is 6.92 Å². The fourth-order valence-corrected chi connectivity index (χ4v) is 3.12. The van der Waals surface area contributed by atoms with Gasteiger partial charge in [0, 0.05) is 0 Å². The fraction of sp³-hybridized carbons (Fsp3) is 0.500. The molecule has 0 spiro atoms. The van der Waals surface area contributed by atoms with Crippen LogP contribution in [-0.4, -0.2) is 25.5 Å². The van der Waals surface area contributed by atoms with Crippen molar-refractivity contribution < 1.29 is 18.3 Å². The topological polar surface area (TPSA) is 83.5 Å². The SMILES string of the molecule is CCc1ccc(S(=O)(=O)N[C@@H](C(=O)O)C(C)(C)C)cc1. The molecule has 0 aliphatic heterocycles. The molecule has 0 saturated heterocycles. The summed E-state index contributed by atoms with van der Waals surface area (Å²) in [5, 5.41) is 9.17. The zero-order valence-corrected chi connectivity index (χ0v) is 13.0. The lowest BCUT2D eigenvalue weighted by Crippen LogP contribution is -2.48. The zero-order valence-electron chi connectivity index (χ0n) is 12.2. The van der Waals surface area contributed by atoms with E-state index in [9.17, 15) is 18.3 Å². The number of carbonyl (C=O) groups is 1. The Morgan fingerprint density at radius 3 is 2.10 bits per heavy atom. The van der Waals surface area contributed by atoms with Gasteiger partial charge in [-0.1, -0.05) is 39.8 Å². The first kappa shape index (κ1) is 16.7. The summed E-state index contributed by atoms with van der Waals surface area (Å²) >= 11 is 0. The third-order valence-corrected chi connectivity index (χ3v) is 4.47. The van der Waals surface area contributed by atoms with E-state index in [1.54, 1.807) is 32.9 Å². The number of aliphatic carboxylic acids is 1. The van der Waals surface area contributed by atoms with Gasteiger partial charge >= 0.3 is 5.97 Å². The van der Waals surface area contributed by atoms with Crippen molar-refractivity contribution in [3.05, 3.63) is 29.8 Å². The van der Waals surface area contributed by atoms with E-state index >= 15 is 0 Å². The molecule has 5 nitrogen and oxygen atoms in total. The maximum absolute atomic E-state index is 12.2. The van der Waals surface area contributed by atoms with Gasteiger partial charge in [0.2, 0.25) is 10.0 Å². The van der Waals surface area contributed by atoms with Gasteiger partial charge in [-0.25, -0.2) is 8.42 Å². The molecule has 1 atom stereocenters. The van der Waals surface area contributed by atoms with Gasteiger partial charge in [0.05, 0.1) is 4.90 Å². The molecular weight excluding hydrogens is 278 g/mol. The Kier molecular flexibility index (Phi) is 4.94. The average Bonchev–Trinajstić information content (AvgIpc) is 2.34. The maximum atomic E-state index is 12.2. The summed E-state index contributed by atoms with van der Waals surface area (Å²) in [5.74, 6) is -1.19. The number of carboxylic acids is 1. The summed E-state index contributed by atoms with van der Waals surface area (Å²) in [6.07, 6.45) is 0.813. The highest BCUT2D eigenvalue weighted by Crippen LogP contribution is 2.22. The molecule has 0 fully saturated rings. The second-order valence-corrected chi connectivity index (χ2v) is 7.47. The Labute approximate surface area is 120 Å². The number of benzene rings is 1. The minimum absolute atomic E-state index is 0.0743. The van der Waals surface area contributed by atoms with Gasteiger partial charge < -0.3 is 5.11 Å². The normalized spacial score (nSPS) is 14.0. The van der Waals surface area contributed by atoms with Crippen LogP contribution >= 0.6 is 0 Å². The lowest BCUT2D eigenvalue weighted by atomic mass is 9.88. The van der Waals surface area contributed by atoms with E-state index in [0.29, 0.717) is 0 Å². The van der Waals surface area contributed by atoms with Crippen LogP contribution in [0.5, 0.6) is 0 Å². The van der Waals surface area contributed by atoms with Gasteiger partial charge in [0.25, 0.3) is 0 Å². The number of nitrogens with one attached hydrogen (secondary N) is 1. The second-order valence-electron chi connectivity index (χ2n) is 5.76. The minimum atomic E-state index is -3.84. The van der Waals surface area contributed by atoms with Gasteiger partial charge in [-0.15, -0.1) is 0 Å². The van der Waals surface area contributed by atoms with Crippen LogP contribution in [0.15, 0.2) is 29.2 Å². The molecule has 1 aromatic carbocycles. The predicted molar refractivity (Wildman–Crippen MR) is 77.0 cm³/mol. The van der Waals surface area contributed by atoms with Gasteiger partial charge in [-0.3, -0.25) is 4.79 Å². The van der Waals surface area contributed by atoms with Crippen LogP contribution in [0.4, 0.5) is 0 Å². The lowest BCUT2D eigenvalue weighted by Gasteiger charge is -2.27. The van der Waals surface area contributed by atoms with Crippen molar-refractivity contribution in [1.29, 1.82) is 0 Å². The smallest absolute Gasteiger partial charge is 0.322 e. The van der Waals surface area contributed by atoms with E-state index in [4.69, 9.17) is 0 Å². The first-order valence-corrected chi connectivity index (χ1v) is 7.90. The molecule has 0 aliphatic carbocycles. The van der Waals surface area contributed by atoms with Crippen molar-refractivity contribution in [3.63, 3.8) is 0 Å². The van der Waals surface area contributed by atoms with Crippen molar-refractivity contribution in [1.82, 2.24) is 4.72 Å². The van der Waals surface area contributed by atoms with Crippen molar-refractivity contribution in [2.24, 2.45) is 5.41 Å². The summed E-state index contributed by atoms with van der Waals surface area (Å²) in [7, 11) is -3.84. The summed E-state index contributed by atoms with van der Waals surface area (Å²) in [6.45, 7) is 7.00. The number of aryl methyl sites for hydroxylation is 1. The molecule has 0 bridgehead atoms. The first-order valence-electron chi connectivity index (χ1n) is 6.42. The van der Waals surface area contributed by atoms with Crippen LogP contribution in [0.2, 0.25) is 0 Å². The quantitative estimate of drug-likeness (QED) is 0.871. The largest absolute Gasteiger partial charge is 0.480 e. The van der Waals surface area contributed by atoms with Gasteiger partial charge in [-0.05, 0) is 29.5 Å². The van der Waals surface area contributed by atoms with Crippen LogP contribution in [-0.2, 0) is 21.2 Å². The first-order chi connectivity index (χ1) is 9.08. The number of hydrogen-bond acceptors (Lipinski definition) is 3. The van der Waals surface area contributed by atoms with Crippen molar-refractivity contribution in [3.8, 4) is 0 Å². The third-order valence-electron chi connectivity index (χ3n) is 3.03. The van der Waals surface area contributed by atoms with Crippen molar-refractivity contribution in [2.45, 2.75) is 45.1 Å². The fourth-order valence-electron chi connectivity index (χ4n) is 1.73. The van der Waals surface area contributed by atoms with Crippen LogP contribution in [0.1, 0.15) is 33.3 Å². The predicted octanol–water partition coefficient (Wildman–Crippen LogP) is 2.03. The minimum Gasteiger partial charge on any atom is -0.480 e. The Bertz CT molecular complexity index is 570. The molecule has 20 heavy (non-hydrogen) atoms. The molecule has 112 valence electrons. The highest BCUT2D eigenvalue weighted by molar-refractivity contribution is 7.89. The third kappa shape index (κ3) is 4.05. The van der Waals surface area contributed by atoms with Crippen LogP contribution in [0, 0.1) is 5.41 Å². The van der Waals surface area contributed by atoms with Gasteiger partial charge in [-0.2, -0.15) is 4.72 Å². The van der Waals surface area contributed by atoms with Gasteiger partial charge in [0.1, 0.15) is 6.04 Å². The molecule has 0 aliphatic rings. The number of sulfonamides is 1. The summed E-state index contributed by atoms with van der Waals surface area (Å²) in [6, 6.07) is 5.24. The molecule has 0 heterocycles. The van der Waals surface area contributed by atoms with E-state index in [2.05, 4.69) is 4.72 Å². The van der Waals surface area contributed by atoms with Crippen molar-refractivity contribution >= 4 is 16.0 Å². The molecule has 0 amide bonds. The van der Waals surface area contributed by atoms with Crippen LogP contribution in [0.3, 0.4) is 0 Å². The molecule has 2 N–H and O–H groups in total. The molecule has 0 radical (unpaired) electrons. The summed E-state index contributed by atoms with van der Waals surface area (Å²) in [5.41, 5.74) is 0.303. The Morgan fingerprint density at radius 1 is 1.25 bits per heavy atom. The highest BCUT2D eigenvalue weighted by Gasteiger charge is 2.35. The lowest BCUT2D eigenvalue weighted by molar-refractivity contribution is -0.141. The van der Waals surface area contributed by atoms with E-state index in [0.717, 1.165) is 12.0 Å². The molecule has 6 heteroatoms. The van der Waals surface area contributed by atoms with Crippen molar-refractivity contribution in [2.75, 3.05) is 0 Å². The Morgan fingerprint density at radius 2 is 1.75 bits per heavy atom. The zero-order chi connectivity index (χ0) is 15.6. The average molecular weight is 299 g/mol. The van der Waals surface area contributed by atoms with Crippen LogP contribution < -0.4 is 4.72 Å². The monoisotopic (exact) mass is 299 g/mol. The maximum Gasteiger partial charge on any atom is 0.322 e. The Hall–Kier alpha value is -1.40. The van der Waals surface area contributed by atoms with E-state index in [1.165, 1.54) is 12.1 Å². The number of rotatable bonds is 5. The van der Waals surface area contributed by atoms with Gasteiger partial charge in [0.15, 0.2) is 0 Å². The summed E-state index contributed by atoms with van der Waals surface area (Å²) in [4.78, 5) is 11.3. The standard InChI is InChI=1S/C14H21NO4S/c1-5-10-6-8-11(9-7-10)20(18,19)15-12(13(16)17)14(2,3)4/h6-9,12,15H,5H2,1-4H3,(H,16,17)/t12-/m0/s1. The van der Waals surface area contributed by atoms with Crippen LogP contribution in [0.25, 0.3) is 0 Å². The summed E-state index contributed by atoms with van der Waals surface area (Å²) < 4.78 is 26.7. The molecular formula is C14H21NO4S. The Balaban J connectivity index is 3.06. The number of hydrogen-bond donors (Lipinski definition) is 2.